The van der Waals surface area contributed by atoms with Gasteiger partial charge in [-0.3, -0.25) is 9.59 Å². The molecule has 0 atom stereocenters. The fourth-order valence-corrected chi connectivity index (χ4v) is 1.98. The molecule has 2 rings (SSSR count). The first-order valence-electron chi connectivity index (χ1n) is 6.38. The number of rotatable bonds is 5. The molecule has 110 valence electrons. The quantitative estimate of drug-likeness (QED) is 0.816. The summed E-state index contributed by atoms with van der Waals surface area (Å²) in [5, 5.41) is 5.76. The van der Waals surface area contributed by atoms with Gasteiger partial charge in [-0.25, -0.2) is 4.98 Å². The SMILES string of the molecule is Cn1ccnc1C(=O)NCCNC(=O)c1ccccc1Cl. The van der Waals surface area contributed by atoms with Gasteiger partial charge in [-0.1, -0.05) is 23.7 Å². The Balaban J connectivity index is 1.78. The summed E-state index contributed by atoms with van der Waals surface area (Å²) < 4.78 is 1.62. The van der Waals surface area contributed by atoms with Gasteiger partial charge in [-0.2, -0.15) is 0 Å². The molecule has 2 N–H and O–H groups in total. The van der Waals surface area contributed by atoms with E-state index in [0.29, 0.717) is 29.5 Å². The van der Waals surface area contributed by atoms with Crippen LogP contribution in [0.15, 0.2) is 36.7 Å². The molecule has 1 heterocycles. The van der Waals surface area contributed by atoms with Gasteiger partial charge < -0.3 is 15.2 Å². The van der Waals surface area contributed by atoms with Gasteiger partial charge in [0.25, 0.3) is 11.8 Å². The minimum Gasteiger partial charge on any atom is -0.350 e. The van der Waals surface area contributed by atoms with E-state index in [1.807, 2.05) is 0 Å². The number of imidazole rings is 1. The number of nitrogens with zero attached hydrogens (tertiary/aromatic N) is 2. The van der Waals surface area contributed by atoms with Crippen LogP contribution in [0.1, 0.15) is 21.0 Å². The molecule has 0 unspecified atom stereocenters. The number of benzene rings is 1. The summed E-state index contributed by atoms with van der Waals surface area (Å²) in [5.41, 5.74) is 0.412. The van der Waals surface area contributed by atoms with Crippen LogP contribution >= 0.6 is 11.6 Å². The van der Waals surface area contributed by atoms with Crippen LogP contribution in [0.5, 0.6) is 0 Å². The van der Waals surface area contributed by atoms with E-state index in [4.69, 9.17) is 11.6 Å². The number of aromatic nitrogens is 2. The van der Waals surface area contributed by atoms with Crippen molar-refractivity contribution in [3.63, 3.8) is 0 Å². The van der Waals surface area contributed by atoms with Crippen LogP contribution in [0, 0.1) is 0 Å². The van der Waals surface area contributed by atoms with E-state index in [9.17, 15) is 9.59 Å². The number of amides is 2. The van der Waals surface area contributed by atoms with Crippen molar-refractivity contribution >= 4 is 23.4 Å². The second-order valence-electron chi connectivity index (χ2n) is 4.35. The summed E-state index contributed by atoms with van der Waals surface area (Å²) in [6.07, 6.45) is 3.24. The Kier molecular flexibility index (Phi) is 4.94. The Labute approximate surface area is 127 Å². The summed E-state index contributed by atoms with van der Waals surface area (Å²) in [7, 11) is 1.74. The molecule has 6 nitrogen and oxygen atoms in total. The highest BCUT2D eigenvalue weighted by molar-refractivity contribution is 6.33. The van der Waals surface area contributed by atoms with Crippen molar-refractivity contribution in [1.82, 2.24) is 20.2 Å². The van der Waals surface area contributed by atoms with Crippen LogP contribution in [-0.4, -0.2) is 34.5 Å². The van der Waals surface area contributed by atoms with Crippen molar-refractivity contribution in [1.29, 1.82) is 0 Å². The van der Waals surface area contributed by atoms with Crippen LogP contribution in [0.2, 0.25) is 5.02 Å². The van der Waals surface area contributed by atoms with E-state index in [1.54, 1.807) is 48.3 Å². The standard InChI is InChI=1S/C14H15ClN4O2/c1-19-9-8-16-12(19)14(21)18-7-6-17-13(20)10-4-2-3-5-11(10)15/h2-5,8-9H,6-7H2,1H3,(H,17,20)(H,18,21). The second-order valence-corrected chi connectivity index (χ2v) is 4.76. The van der Waals surface area contributed by atoms with Gasteiger partial charge in [0.1, 0.15) is 0 Å². The van der Waals surface area contributed by atoms with Crippen LogP contribution in [0.3, 0.4) is 0 Å². The first-order valence-corrected chi connectivity index (χ1v) is 6.75. The molecule has 0 aliphatic rings. The van der Waals surface area contributed by atoms with Gasteiger partial charge in [-0.05, 0) is 12.1 Å². The highest BCUT2D eigenvalue weighted by atomic mass is 35.5. The maximum atomic E-state index is 11.9. The van der Waals surface area contributed by atoms with E-state index >= 15 is 0 Å². The summed E-state index contributed by atoms with van der Waals surface area (Å²) in [4.78, 5) is 27.6. The van der Waals surface area contributed by atoms with E-state index in [0.717, 1.165) is 0 Å². The molecule has 0 bridgehead atoms. The number of nitrogens with one attached hydrogen (secondary N) is 2. The average Bonchev–Trinajstić information content (AvgIpc) is 2.90. The molecule has 0 spiro atoms. The second kappa shape index (κ2) is 6.90. The molecule has 0 saturated carbocycles. The maximum absolute atomic E-state index is 11.9. The summed E-state index contributed by atoms with van der Waals surface area (Å²) >= 11 is 5.93. The number of carbonyl (C=O) groups is 2. The van der Waals surface area contributed by atoms with E-state index in [1.165, 1.54) is 0 Å². The molecule has 2 aromatic rings. The lowest BCUT2D eigenvalue weighted by Crippen LogP contribution is -2.35. The lowest BCUT2D eigenvalue weighted by Gasteiger charge is -2.08. The van der Waals surface area contributed by atoms with Crippen LogP contribution in [0.4, 0.5) is 0 Å². The van der Waals surface area contributed by atoms with Crippen molar-refractivity contribution in [2.24, 2.45) is 7.05 Å². The third-order valence-corrected chi connectivity index (χ3v) is 3.17. The Hall–Kier alpha value is -2.34. The fraction of sp³-hybridized carbons (Fsp3) is 0.214. The van der Waals surface area contributed by atoms with Gasteiger partial charge in [0, 0.05) is 32.5 Å². The van der Waals surface area contributed by atoms with Gasteiger partial charge in [-0.15, -0.1) is 0 Å². The first-order chi connectivity index (χ1) is 10.1. The summed E-state index contributed by atoms with van der Waals surface area (Å²) in [6, 6.07) is 6.79. The largest absolute Gasteiger partial charge is 0.350 e. The number of hydrogen-bond donors (Lipinski definition) is 2. The average molecular weight is 307 g/mol. The third-order valence-electron chi connectivity index (χ3n) is 2.84. The molecule has 0 radical (unpaired) electrons. The van der Waals surface area contributed by atoms with Crippen molar-refractivity contribution in [3.8, 4) is 0 Å². The van der Waals surface area contributed by atoms with E-state index in [2.05, 4.69) is 15.6 Å². The van der Waals surface area contributed by atoms with Crippen molar-refractivity contribution in [3.05, 3.63) is 53.1 Å². The normalized spacial score (nSPS) is 10.2. The molecule has 0 saturated heterocycles. The molecule has 0 fully saturated rings. The number of hydrogen-bond acceptors (Lipinski definition) is 3. The van der Waals surface area contributed by atoms with Gasteiger partial charge in [0.05, 0.1) is 10.6 Å². The summed E-state index contributed by atoms with van der Waals surface area (Å²) in [5.74, 6) is -0.228. The van der Waals surface area contributed by atoms with Crippen LogP contribution < -0.4 is 10.6 Å². The minimum absolute atomic E-state index is 0.271. The topological polar surface area (TPSA) is 76.0 Å². The predicted molar refractivity (Wildman–Crippen MR) is 79.3 cm³/mol. The first kappa shape index (κ1) is 15.1. The van der Waals surface area contributed by atoms with Crippen molar-refractivity contribution in [2.45, 2.75) is 0 Å². The molecular weight excluding hydrogens is 292 g/mol. The lowest BCUT2D eigenvalue weighted by molar-refractivity contribution is 0.0920. The van der Waals surface area contributed by atoms with E-state index in [-0.39, 0.29) is 11.8 Å². The van der Waals surface area contributed by atoms with E-state index < -0.39 is 0 Å². The van der Waals surface area contributed by atoms with Gasteiger partial charge in [0.15, 0.2) is 5.82 Å². The minimum atomic E-state index is -0.283. The van der Waals surface area contributed by atoms with Gasteiger partial charge in [0.2, 0.25) is 0 Å². The molecule has 0 aliphatic carbocycles. The third kappa shape index (κ3) is 3.82. The molecule has 1 aromatic heterocycles. The molecule has 2 amide bonds. The number of halogens is 1. The highest BCUT2D eigenvalue weighted by Gasteiger charge is 2.11. The number of aryl methyl sites for hydroxylation is 1. The monoisotopic (exact) mass is 306 g/mol. The smallest absolute Gasteiger partial charge is 0.287 e. The molecule has 1 aromatic carbocycles. The van der Waals surface area contributed by atoms with Crippen LogP contribution in [-0.2, 0) is 7.05 Å². The molecular formula is C14H15ClN4O2. The number of carbonyl (C=O) groups excluding carboxylic acids is 2. The Morgan fingerprint density at radius 3 is 2.48 bits per heavy atom. The Morgan fingerprint density at radius 1 is 1.19 bits per heavy atom. The van der Waals surface area contributed by atoms with Gasteiger partial charge >= 0.3 is 0 Å². The zero-order valence-corrected chi connectivity index (χ0v) is 12.2. The maximum Gasteiger partial charge on any atom is 0.287 e. The molecule has 21 heavy (non-hydrogen) atoms. The zero-order chi connectivity index (χ0) is 15.2. The fourth-order valence-electron chi connectivity index (χ4n) is 1.76. The highest BCUT2D eigenvalue weighted by Crippen LogP contribution is 2.14. The Bertz CT molecular complexity index is 654. The van der Waals surface area contributed by atoms with Crippen molar-refractivity contribution < 1.29 is 9.59 Å². The molecule has 0 aliphatic heterocycles. The summed E-state index contributed by atoms with van der Waals surface area (Å²) in [6.45, 7) is 0.613. The Morgan fingerprint density at radius 2 is 1.86 bits per heavy atom. The van der Waals surface area contributed by atoms with Crippen molar-refractivity contribution in [2.75, 3.05) is 13.1 Å². The lowest BCUT2D eigenvalue weighted by atomic mass is 10.2. The molecule has 7 heteroatoms. The predicted octanol–water partition coefficient (Wildman–Crippen LogP) is 1.23. The van der Waals surface area contributed by atoms with Crippen LogP contribution in [0.25, 0.3) is 0 Å². The zero-order valence-electron chi connectivity index (χ0n) is 11.5.